The van der Waals surface area contributed by atoms with Crippen LogP contribution in [0.4, 0.5) is 4.39 Å². The molecule has 1 aliphatic rings. The summed E-state index contributed by atoms with van der Waals surface area (Å²) in [7, 11) is 0. The van der Waals surface area contributed by atoms with Gasteiger partial charge in [-0.1, -0.05) is 0 Å². The molecule has 1 aliphatic carbocycles. The molecule has 0 atom stereocenters. The van der Waals surface area contributed by atoms with E-state index in [1.165, 1.54) is 29.3 Å². The van der Waals surface area contributed by atoms with Crippen LogP contribution in [-0.2, 0) is 6.54 Å². The van der Waals surface area contributed by atoms with Crippen molar-refractivity contribution in [2.24, 2.45) is 5.92 Å². The summed E-state index contributed by atoms with van der Waals surface area (Å²) in [6, 6.07) is 6.14. The van der Waals surface area contributed by atoms with E-state index in [9.17, 15) is 4.39 Å². The van der Waals surface area contributed by atoms with Gasteiger partial charge in [0.2, 0.25) is 0 Å². The Morgan fingerprint density at radius 2 is 1.94 bits per heavy atom. The van der Waals surface area contributed by atoms with Crippen LogP contribution in [0.25, 0.3) is 0 Å². The minimum atomic E-state index is -0.0804. The Hall–Kier alpha value is -0.160. The van der Waals surface area contributed by atoms with Crippen LogP contribution < -0.4 is 26.5 Å². The van der Waals surface area contributed by atoms with E-state index in [2.05, 4.69) is 23.2 Å². The van der Waals surface area contributed by atoms with Crippen LogP contribution >= 0.6 is 0 Å². The van der Waals surface area contributed by atoms with E-state index in [4.69, 9.17) is 0 Å². The predicted molar refractivity (Wildman–Crippen MR) is 69.3 cm³/mol. The van der Waals surface area contributed by atoms with Gasteiger partial charge in [0.25, 0.3) is 0 Å². The molecule has 0 radical (unpaired) electrons. The molecule has 0 spiro atoms. The topological polar surface area (TPSA) is 12.0 Å². The quantitative estimate of drug-likeness (QED) is 0.604. The molecule has 102 valence electrons. The molecule has 3 heteroatoms. The average Bonchev–Trinajstić information content (AvgIpc) is 2.37. The van der Waals surface area contributed by atoms with Crippen molar-refractivity contribution in [2.75, 3.05) is 4.93 Å². The summed E-state index contributed by atoms with van der Waals surface area (Å²) in [4.78, 5) is 2.17. The van der Waals surface area contributed by atoms with E-state index in [1.807, 2.05) is 0 Å². The van der Waals surface area contributed by atoms with Crippen molar-refractivity contribution < 1.29 is 25.6 Å². The maximum absolute atomic E-state index is 13.4. The van der Waals surface area contributed by atoms with Crippen molar-refractivity contribution in [2.45, 2.75) is 45.2 Å². The first-order valence-corrected chi connectivity index (χ1v) is 9.93. The number of benzene rings is 1. The fourth-order valence-corrected chi connectivity index (χ4v) is 3.87. The van der Waals surface area contributed by atoms with Gasteiger partial charge in [0.15, 0.2) is 0 Å². The van der Waals surface area contributed by atoms with Gasteiger partial charge in [0.05, 0.1) is 0 Å². The third-order valence-electron chi connectivity index (χ3n) is 3.75. The maximum atomic E-state index is 13.4. The molecule has 2 rings (SSSR count). The van der Waals surface area contributed by atoms with Crippen molar-refractivity contribution in [1.82, 2.24) is 5.32 Å². The molecule has 18 heavy (non-hydrogen) atoms. The summed E-state index contributed by atoms with van der Waals surface area (Å²) in [6.45, 7) is 3.15. The van der Waals surface area contributed by atoms with E-state index >= 15 is 0 Å². The Morgan fingerprint density at radius 1 is 1.22 bits per heavy atom. The summed E-state index contributed by atoms with van der Waals surface area (Å²) >= 11 is -0.0249. The number of hydrogen-bond donors (Lipinski definition) is 1. The first kappa shape index (κ1) is 14.3. The van der Waals surface area contributed by atoms with Crippen LogP contribution in [0.2, 0.25) is 0 Å². The number of alkyl halides is 1. The third-order valence-corrected chi connectivity index (χ3v) is 5.62. The van der Waals surface area contributed by atoms with Gasteiger partial charge in [0, 0.05) is 0 Å². The van der Waals surface area contributed by atoms with Crippen LogP contribution in [0.1, 0.15) is 38.2 Å². The Morgan fingerprint density at radius 3 is 2.61 bits per heavy atom. The molecule has 0 saturated heterocycles. The Labute approximate surface area is 120 Å². The summed E-state index contributed by atoms with van der Waals surface area (Å²) in [6.07, 6.45) is 5.19. The first-order valence-electron chi connectivity index (χ1n) is 6.69. The van der Waals surface area contributed by atoms with Crippen molar-refractivity contribution in [3.63, 3.8) is 0 Å². The van der Waals surface area contributed by atoms with Gasteiger partial charge in [0.1, 0.15) is 0 Å². The van der Waals surface area contributed by atoms with Crippen molar-refractivity contribution in [3.8, 4) is 0 Å². The van der Waals surface area contributed by atoms with Crippen molar-refractivity contribution in [1.29, 1.82) is 0 Å². The van der Waals surface area contributed by atoms with Crippen LogP contribution in [0, 0.1) is 15.3 Å². The second kappa shape index (κ2) is 6.85. The molecule has 0 aliphatic heterocycles. The molecule has 1 nitrogen and oxygen atoms in total. The summed E-state index contributed by atoms with van der Waals surface area (Å²) in [5.41, 5.74) is 1.10. The molecule has 1 aromatic rings. The molecule has 0 bridgehead atoms. The molecular weight excluding hydrogens is 340 g/mol. The minimum absolute atomic E-state index is 0.0249. The molecular formula is C15H22FIN-. The molecule has 1 saturated carbocycles. The second-order valence-electron chi connectivity index (χ2n) is 5.30. The van der Waals surface area contributed by atoms with Crippen molar-refractivity contribution in [3.05, 3.63) is 33.1 Å². The second-order valence-corrected chi connectivity index (χ2v) is 7.63. The van der Waals surface area contributed by atoms with Crippen LogP contribution in [0.3, 0.4) is 0 Å². The number of nitrogens with one attached hydrogen (secondary N) is 1. The molecule has 1 N–H and O–H groups in total. The molecule has 1 fully saturated rings. The number of hydrogen-bond acceptors (Lipinski definition) is 1. The van der Waals surface area contributed by atoms with E-state index in [0.717, 1.165) is 18.0 Å². The Kier molecular flexibility index (Phi) is 5.42. The Balaban J connectivity index is 1.88. The van der Waals surface area contributed by atoms with Gasteiger partial charge >= 0.3 is 120 Å². The van der Waals surface area contributed by atoms with Gasteiger partial charge in [-0.25, -0.2) is 0 Å². The van der Waals surface area contributed by atoms with Gasteiger partial charge in [-0.05, 0) is 0 Å². The Bertz CT molecular complexity index is 386. The molecule has 0 unspecified atom stereocenters. The third kappa shape index (κ3) is 4.19. The van der Waals surface area contributed by atoms with Crippen LogP contribution in [0.15, 0.2) is 18.2 Å². The molecule has 1 aromatic carbocycles. The average molecular weight is 362 g/mol. The van der Waals surface area contributed by atoms with E-state index in [0.29, 0.717) is 6.04 Å². The van der Waals surface area contributed by atoms with Gasteiger partial charge < -0.3 is 0 Å². The predicted octanol–water partition coefficient (Wildman–Crippen LogP) is 0.382. The fourth-order valence-electron chi connectivity index (χ4n) is 2.55. The summed E-state index contributed by atoms with van der Waals surface area (Å²) in [5.74, 6) is 0.803. The summed E-state index contributed by atoms with van der Waals surface area (Å²) in [5, 5.41) is 3.58. The standard InChI is InChI=1S/C15H22FIN/c1-11-3-5-15(6-4-11)18-10-12-7-13(16)9-14(8-12)17-2/h7-9,11,15,18H,3-6,10H2,1-2H3/q-1. The summed E-state index contributed by atoms with van der Waals surface area (Å²) < 4.78 is 14.6. The van der Waals surface area contributed by atoms with Crippen molar-refractivity contribution >= 4 is 0 Å². The van der Waals surface area contributed by atoms with E-state index < -0.39 is 0 Å². The zero-order valence-corrected chi connectivity index (χ0v) is 13.3. The van der Waals surface area contributed by atoms with E-state index in [1.54, 1.807) is 12.1 Å². The SMILES string of the molecule is C[I-]c1cc(F)cc(CNC2CCC(C)CC2)c1. The van der Waals surface area contributed by atoms with Gasteiger partial charge in [-0.15, -0.1) is 0 Å². The van der Waals surface area contributed by atoms with E-state index in [-0.39, 0.29) is 27.0 Å². The fraction of sp³-hybridized carbons (Fsp3) is 0.600. The first-order chi connectivity index (χ1) is 8.67. The number of halogens is 2. The molecule has 0 aromatic heterocycles. The zero-order chi connectivity index (χ0) is 13.0. The van der Waals surface area contributed by atoms with Gasteiger partial charge in [-0.2, -0.15) is 0 Å². The number of rotatable bonds is 4. The normalized spacial score (nSPS) is 24.4. The monoisotopic (exact) mass is 362 g/mol. The van der Waals surface area contributed by atoms with Crippen LogP contribution in [-0.4, -0.2) is 11.0 Å². The zero-order valence-electron chi connectivity index (χ0n) is 11.2. The van der Waals surface area contributed by atoms with Crippen LogP contribution in [0.5, 0.6) is 0 Å². The molecule has 0 heterocycles. The molecule has 0 amide bonds. The van der Waals surface area contributed by atoms with Gasteiger partial charge in [-0.3, -0.25) is 0 Å².